The lowest BCUT2D eigenvalue weighted by atomic mass is 9.85. The van der Waals surface area contributed by atoms with Gasteiger partial charge in [-0.05, 0) is 76.8 Å². The maximum Gasteiger partial charge on any atom is 0.408 e. The van der Waals surface area contributed by atoms with E-state index in [1.54, 1.807) is 54.8 Å². The van der Waals surface area contributed by atoms with E-state index in [-0.39, 0.29) is 25.3 Å². The maximum absolute atomic E-state index is 14.5. The van der Waals surface area contributed by atoms with Crippen LogP contribution in [0.15, 0.2) is 41.9 Å². The SMILES string of the molecule is C=CC[C@@](C)(NC(=O)[C@@H]1C[C@@H](Oc2nccc3c(SC)c(OC)ccc23)CN1C(=O)[C@@H](NC(=O)OC(C)(C)C)C(C)(C)C)C(=O)NS(=O)(=O)C1CC1. The van der Waals surface area contributed by atoms with Crippen LogP contribution < -0.4 is 24.8 Å². The van der Waals surface area contributed by atoms with Gasteiger partial charge in [0.2, 0.25) is 27.7 Å². The summed E-state index contributed by atoms with van der Waals surface area (Å²) in [6.45, 7) is 15.5. The Morgan fingerprint density at radius 3 is 2.31 bits per heavy atom. The third kappa shape index (κ3) is 9.48. The number of alkyl carbamates (subject to hydrolysis) is 1. The van der Waals surface area contributed by atoms with Crippen LogP contribution in [0, 0.1) is 5.41 Å². The van der Waals surface area contributed by atoms with E-state index in [0.29, 0.717) is 24.0 Å². The number of benzene rings is 1. The first-order valence-corrected chi connectivity index (χ1v) is 19.9. The van der Waals surface area contributed by atoms with Crippen molar-refractivity contribution in [3.63, 3.8) is 0 Å². The van der Waals surface area contributed by atoms with Crippen molar-refractivity contribution in [2.45, 2.75) is 114 Å². The summed E-state index contributed by atoms with van der Waals surface area (Å²) in [5.74, 6) is -1.23. The first kappa shape index (κ1) is 40.7. The zero-order valence-corrected chi connectivity index (χ0v) is 33.0. The highest BCUT2D eigenvalue weighted by Gasteiger charge is 2.49. The number of ether oxygens (including phenoxy) is 3. The second-order valence-electron chi connectivity index (χ2n) is 15.4. The Labute approximate surface area is 310 Å². The number of nitrogens with zero attached hydrogens (tertiary/aromatic N) is 2. The second-order valence-corrected chi connectivity index (χ2v) is 18.2. The van der Waals surface area contributed by atoms with Crippen LogP contribution in [-0.4, -0.2) is 96.6 Å². The number of thioether (sulfide) groups is 1. The quantitative estimate of drug-likeness (QED) is 0.195. The molecule has 1 aromatic carbocycles. The minimum absolute atomic E-state index is 0.00333. The number of nitrogens with one attached hydrogen (secondary N) is 3. The van der Waals surface area contributed by atoms with Gasteiger partial charge in [-0.25, -0.2) is 18.2 Å². The number of aromatic nitrogens is 1. The van der Waals surface area contributed by atoms with Crippen molar-refractivity contribution < 1.29 is 41.8 Å². The zero-order chi connectivity index (χ0) is 38.8. The first-order valence-electron chi connectivity index (χ1n) is 17.1. The van der Waals surface area contributed by atoms with Crippen LogP contribution in [0.3, 0.4) is 0 Å². The summed E-state index contributed by atoms with van der Waals surface area (Å²) in [5.41, 5.74) is -3.39. The molecule has 2 aromatic rings. The number of pyridine rings is 1. The van der Waals surface area contributed by atoms with Crippen molar-refractivity contribution in [3.8, 4) is 11.6 Å². The molecule has 52 heavy (non-hydrogen) atoms. The molecule has 286 valence electrons. The number of carbonyl (C=O) groups excluding carboxylic acids is 4. The van der Waals surface area contributed by atoms with Gasteiger partial charge in [0.05, 0.1) is 23.8 Å². The van der Waals surface area contributed by atoms with E-state index < -0.39 is 73.8 Å². The van der Waals surface area contributed by atoms with Gasteiger partial charge in [0, 0.05) is 23.4 Å². The van der Waals surface area contributed by atoms with Crippen molar-refractivity contribution in [3.05, 3.63) is 37.1 Å². The topological polar surface area (TPSA) is 182 Å². The normalized spacial score (nSPS) is 19.6. The Hall–Kier alpha value is -4.05. The fourth-order valence-corrected chi connectivity index (χ4v) is 8.12. The van der Waals surface area contributed by atoms with Gasteiger partial charge in [-0.2, -0.15) is 0 Å². The third-order valence-corrected chi connectivity index (χ3v) is 11.4. The molecule has 2 heterocycles. The molecule has 2 aliphatic rings. The fourth-order valence-electron chi connectivity index (χ4n) is 5.97. The lowest BCUT2D eigenvalue weighted by Gasteiger charge is -2.36. The average molecular weight is 762 g/mol. The smallest absolute Gasteiger partial charge is 0.408 e. The lowest BCUT2D eigenvalue weighted by molar-refractivity contribution is -0.143. The Morgan fingerprint density at radius 2 is 1.75 bits per heavy atom. The molecule has 1 saturated heterocycles. The summed E-state index contributed by atoms with van der Waals surface area (Å²) in [5, 5.41) is 6.29. The highest BCUT2D eigenvalue weighted by Crippen LogP contribution is 2.39. The number of sulfonamides is 1. The van der Waals surface area contributed by atoms with Gasteiger partial charge < -0.3 is 29.7 Å². The highest BCUT2D eigenvalue weighted by atomic mass is 32.2. The summed E-state index contributed by atoms with van der Waals surface area (Å²) in [7, 11) is -2.34. The molecule has 1 saturated carbocycles. The number of amides is 4. The number of rotatable bonds is 13. The van der Waals surface area contributed by atoms with Crippen LogP contribution in [0.5, 0.6) is 11.6 Å². The van der Waals surface area contributed by atoms with Gasteiger partial charge in [-0.15, -0.1) is 18.3 Å². The first-order chi connectivity index (χ1) is 24.1. The molecule has 1 aliphatic carbocycles. The Balaban J connectivity index is 1.70. The molecule has 1 aliphatic heterocycles. The molecule has 1 aromatic heterocycles. The molecule has 3 N–H and O–H groups in total. The lowest BCUT2D eigenvalue weighted by Crippen LogP contribution is -2.62. The van der Waals surface area contributed by atoms with E-state index in [0.717, 1.165) is 10.3 Å². The minimum atomic E-state index is -3.93. The predicted molar refractivity (Wildman–Crippen MR) is 199 cm³/mol. The van der Waals surface area contributed by atoms with Crippen molar-refractivity contribution in [2.75, 3.05) is 19.9 Å². The number of carbonyl (C=O) groups is 4. The van der Waals surface area contributed by atoms with Gasteiger partial charge in [-0.1, -0.05) is 26.8 Å². The van der Waals surface area contributed by atoms with Gasteiger partial charge in [0.15, 0.2) is 0 Å². The van der Waals surface area contributed by atoms with E-state index in [2.05, 4.69) is 26.9 Å². The number of likely N-dealkylation sites (tertiary alicyclic amines) is 1. The summed E-state index contributed by atoms with van der Waals surface area (Å²) < 4.78 is 44.9. The Morgan fingerprint density at radius 1 is 1.08 bits per heavy atom. The van der Waals surface area contributed by atoms with Crippen LogP contribution in [0.2, 0.25) is 0 Å². The molecule has 16 heteroatoms. The fraction of sp³-hybridized carbons (Fsp3) is 0.583. The Bertz CT molecular complexity index is 1820. The van der Waals surface area contributed by atoms with E-state index in [1.165, 1.54) is 29.7 Å². The van der Waals surface area contributed by atoms with Gasteiger partial charge in [-0.3, -0.25) is 19.1 Å². The molecule has 4 amide bonds. The summed E-state index contributed by atoms with van der Waals surface area (Å²) >= 11 is 1.51. The van der Waals surface area contributed by atoms with Gasteiger partial charge in [0.1, 0.15) is 35.1 Å². The average Bonchev–Trinajstić information content (AvgIpc) is 3.82. The predicted octanol–water partition coefficient (Wildman–Crippen LogP) is 4.31. The molecular formula is C36H51N5O9S2. The van der Waals surface area contributed by atoms with E-state index in [4.69, 9.17) is 14.2 Å². The summed E-state index contributed by atoms with van der Waals surface area (Å²) in [4.78, 5) is 61.8. The molecule has 2 fully saturated rings. The molecule has 4 rings (SSSR count). The number of fused-ring (bicyclic) bond motifs is 1. The van der Waals surface area contributed by atoms with Crippen molar-refractivity contribution in [1.82, 2.24) is 25.2 Å². The van der Waals surface area contributed by atoms with Crippen molar-refractivity contribution in [2.24, 2.45) is 5.41 Å². The van der Waals surface area contributed by atoms with Crippen LogP contribution in [0.25, 0.3) is 10.8 Å². The maximum atomic E-state index is 14.5. The number of hydrogen-bond acceptors (Lipinski definition) is 11. The van der Waals surface area contributed by atoms with E-state index in [9.17, 15) is 27.6 Å². The minimum Gasteiger partial charge on any atom is -0.496 e. The molecule has 4 atom stereocenters. The Kier molecular flexibility index (Phi) is 12.1. The standard InChI is InChI=1S/C36H51N5O9S2/c1-11-17-36(8,32(44)40-52(46,47)22-12-13-22)39-29(42)25-19-21(49-30-24-14-15-26(48-9)27(51-10)23(24)16-18-37-30)20-41(25)31(43)28(34(2,3)4)38-33(45)50-35(5,6)7/h11,14-16,18,21-22,25,28H,1,12-13,17,19-20H2,2-10H3,(H,38,45)(H,39,42)(H,40,44)/t21-,25+,28-,36-/m1/s1. The van der Waals surface area contributed by atoms with Crippen molar-refractivity contribution >= 4 is 56.4 Å². The number of hydrogen-bond donors (Lipinski definition) is 3. The van der Waals surface area contributed by atoms with Crippen LogP contribution >= 0.6 is 11.8 Å². The largest absolute Gasteiger partial charge is 0.496 e. The van der Waals surface area contributed by atoms with Crippen LogP contribution in [0.1, 0.15) is 74.1 Å². The van der Waals surface area contributed by atoms with Crippen molar-refractivity contribution in [1.29, 1.82) is 0 Å². The zero-order valence-electron chi connectivity index (χ0n) is 31.3. The summed E-state index contributed by atoms with van der Waals surface area (Å²) in [6, 6.07) is 3.18. The summed E-state index contributed by atoms with van der Waals surface area (Å²) in [6.07, 6.45) is 4.17. The highest BCUT2D eigenvalue weighted by molar-refractivity contribution is 7.99. The van der Waals surface area contributed by atoms with E-state index in [1.807, 2.05) is 24.5 Å². The molecule has 0 radical (unpaired) electrons. The molecule has 0 bridgehead atoms. The van der Waals surface area contributed by atoms with Gasteiger partial charge in [0.25, 0.3) is 5.91 Å². The third-order valence-electron chi connectivity index (χ3n) is 8.80. The van der Waals surface area contributed by atoms with E-state index >= 15 is 0 Å². The molecule has 0 unspecified atom stereocenters. The second kappa shape index (κ2) is 15.5. The van der Waals surface area contributed by atoms with Crippen LogP contribution in [-0.2, 0) is 29.1 Å². The monoisotopic (exact) mass is 761 g/mol. The molecular weight excluding hydrogens is 711 g/mol. The molecule has 0 spiro atoms. The number of methoxy groups -OCH3 is 1. The van der Waals surface area contributed by atoms with Crippen LogP contribution in [0.4, 0.5) is 4.79 Å². The van der Waals surface area contributed by atoms with Gasteiger partial charge >= 0.3 is 6.09 Å². The molecule has 14 nitrogen and oxygen atoms in total.